The van der Waals surface area contributed by atoms with Crippen LogP contribution in [0.3, 0.4) is 0 Å². The second-order valence-corrected chi connectivity index (χ2v) is 14.2. The van der Waals surface area contributed by atoms with E-state index in [9.17, 15) is 5.25 Å². The van der Waals surface area contributed by atoms with Crippen molar-refractivity contribution < 1.29 is 26.8 Å². The molecule has 0 saturated carbocycles. The first kappa shape index (κ1) is 6.96. The van der Waals surface area contributed by atoms with Gasteiger partial charge in [0.1, 0.15) is 0 Å². The molecule has 0 aliphatic rings. The van der Waals surface area contributed by atoms with Crippen LogP contribution in [0.15, 0.2) is 0 Å². The van der Waals surface area contributed by atoms with Crippen molar-refractivity contribution in [1.82, 2.24) is 0 Å². The van der Waals surface area contributed by atoms with Crippen LogP contribution < -0.4 is 0 Å². The van der Waals surface area contributed by atoms with Crippen molar-refractivity contribution in [3.05, 3.63) is 0 Å². The van der Waals surface area contributed by atoms with E-state index in [-0.39, 0.29) is 0 Å². The quantitative estimate of drug-likeness (QED) is 0.506. The first-order valence-electron chi connectivity index (χ1n) is 1.63. The Balaban J connectivity index is 3.68. The molecule has 0 nitrogen and oxygen atoms in total. The van der Waals surface area contributed by atoms with Gasteiger partial charge in [-0.05, 0) is 0 Å². The van der Waals surface area contributed by atoms with Gasteiger partial charge in [-0.25, -0.2) is 0 Å². The summed E-state index contributed by atoms with van der Waals surface area (Å²) in [5.74, 6) is 0. The average molecular weight is 187 g/mol. The molecule has 0 aromatic rings. The van der Waals surface area contributed by atoms with Gasteiger partial charge in [-0.3, -0.25) is 0 Å². The zero-order chi connectivity index (χ0) is 5.15. The Hall–Kier alpha value is 0.960. The Morgan fingerprint density at radius 1 is 1.33 bits per heavy atom. The molecular formula is C2H6F2SiZr. The second kappa shape index (κ2) is 3.03. The van der Waals surface area contributed by atoms with Crippen molar-refractivity contribution in [2.45, 2.75) is 13.1 Å². The van der Waals surface area contributed by atoms with Crippen molar-refractivity contribution in [3.63, 3.8) is 0 Å². The van der Waals surface area contributed by atoms with Crippen molar-refractivity contribution >= 4 is 5.43 Å². The average Bonchev–Trinajstić information content (AvgIpc) is 1.36. The number of halogens is 2. The molecule has 0 aliphatic carbocycles. The van der Waals surface area contributed by atoms with E-state index in [1.54, 1.807) is 13.1 Å². The van der Waals surface area contributed by atoms with E-state index < -0.39 is 27.0 Å². The predicted molar refractivity (Wildman–Crippen MR) is 19.7 cm³/mol. The summed E-state index contributed by atoms with van der Waals surface area (Å²) in [4.78, 5) is 0. The zero-order valence-electron chi connectivity index (χ0n) is 3.76. The van der Waals surface area contributed by atoms with Gasteiger partial charge in [0.15, 0.2) is 0 Å². The molecular weight excluding hydrogens is 181 g/mol. The maximum atomic E-state index is 11.4. The SMILES string of the molecule is C[Si](C)=[Zr]([F])[F]. The predicted octanol–water partition coefficient (Wildman–Crippen LogP) is 1.62. The summed E-state index contributed by atoms with van der Waals surface area (Å²) in [7, 11) is 0. The van der Waals surface area contributed by atoms with E-state index in [0.717, 1.165) is 0 Å². The summed E-state index contributed by atoms with van der Waals surface area (Å²) in [6.45, 7) is 3.36. The summed E-state index contributed by atoms with van der Waals surface area (Å²) in [5.41, 5.74) is -1.09. The van der Waals surface area contributed by atoms with Crippen molar-refractivity contribution in [2.24, 2.45) is 0 Å². The van der Waals surface area contributed by atoms with Gasteiger partial charge in [-0.1, -0.05) is 0 Å². The van der Waals surface area contributed by atoms with Crippen LogP contribution in [0.4, 0.5) is 5.25 Å². The molecule has 0 N–H and O–H groups in total. The van der Waals surface area contributed by atoms with Crippen LogP contribution in [-0.2, 0) is 21.6 Å². The summed E-state index contributed by atoms with van der Waals surface area (Å²) >= 11 is -3.60. The number of hydrogen-bond donors (Lipinski definition) is 0. The van der Waals surface area contributed by atoms with Crippen LogP contribution in [0.2, 0.25) is 13.1 Å². The molecule has 0 rings (SSSR count). The summed E-state index contributed by atoms with van der Waals surface area (Å²) in [5, 5.41) is 0. The fourth-order valence-corrected chi connectivity index (χ4v) is 0. The second-order valence-electron chi connectivity index (χ2n) is 1.26. The van der Waals surface area contributed by atoms with Gasteiger partial charge in [0.25, 0.3) is 0 Å². The van der Waals surface area contributed by atoms with E-state index in [2.05, 4.69) is 0 Å². The third-order valence-corrected chi connectivity index (χ3v) is 6.71. The first-order valence-corrected chi connectivity index (χ1v) is 9.67. The molecule has 0 amide bonds. The standard InChI is InChI=1S/C2H6Si.2FH.Zr/c1-3-2;;;/h1-2H3;2*1H;/q;;;+2/p-2. The molecule has 0 aromatic carbocycles. The van der Waals surface area contributed by atoms with Crippen molar-refractivity contribution in [3.8, 4) is 0 Å². The monoisotopic (exact) mass is 186 g/mol. The van der Waals surface area contributed by atoms with Gasteiger partial charge in [0.05, 0.1) is 0 Å². The Bertz CT molecular complexity index is 61.6. The fourth-order valence-electron chi connectivity index (χ4n) is 0. The van der Waals surface area contributed by atoms with E-state index in [1.807, 2.05) is 0 Å². The fraction of sp³-hybridized carbons (Fsp3) is 1.00. The summed E-state index contributed by atoms with van der Waals surface area (Å²) in [6, 6.07) is 0. The van der Waals surface area contributed by atoms with Gasteiger partial charge in [-0.15, -0.1) is 0 Å². The van der Waals surface area contributed by atoms with Crippen molar-refractivity contribution in [1.29, 1.82) is 0 Å². The third-order valence-electron chi connectivity index (χ3n) is 0.378. The van der Waals surface area contributed by atoms with Crippen LogP contribution in [0, 0.1) is 0 Å². The van der Waals surface area contributed by atoms with Crippen LogP contribution in [-0.4, -0.2) is 5.43 Å². The van der Waals surface area contributed by atoms with Gasteiger partial charge >= 0.3 is 45.4 Å². The Morgan fingerprint density at radius 3 is 1.50 bits per heavy atom. The minimum atomic E-state index is -3.60. The van der Waals surface area contributed by atoms with E-state index in [0.29, 0.717) is 0 Å². The molecule has 0 aromatic heterocycles. The Morgan fingerprint density at radius 2 is 1.50 bits per heavy atom. The number of rotatable bonds is 0. The topological polar surface area (TPSA) is 0 Å². The van der Waals surface area contributed by atoms with Crippen LogP contribution in [0.1, 0.15) is 0 Å². The normalized spacial score (nSPS) is 8.00. The van der Waals surface area contributed by atoms with Crippen LogP contribution in [0.25, 0.3) is 0 Å². The molecule has 0 heterocycles. The Labute approximate surface area is 45.5 Å². The molecule has 0 radical (unpaired) electrons. The molecule has 0 unspecified atom stereocenters. The molecule has 0 atom stereocenters. The summed E-state index contributed by atoms with van der Waals surface area (Å²) < 4.78 is 22.8. The van der Waals surface area contributed by atoms with Crippen molar-refractivity contribution in [2.75, 3.05) is 0 Å². The minimum absolute atomic E-state index is 1.09. The molecule has 0 fully saturated rings. The van der Waals surface area contributed by atoms with Gasteiger partial charge in [-0.2, -0.15) is 0 Å². The molecule has 6 heavy (non-hydrogen) atoms. The van der Waals surface area contributed by atoms with E-state index in [4.69, 9.17) is 0 Å². The molecule has 36 valence electrons. The first-order chi connectivity index (χ1) is 2.64. The third kappa shape index (κ3) is 3.16. The maximum absolute atomic E-state index is 11.4. The molecule has 0 bridgehead atoms. The molecule has 0 spiro atoms. The Kier molecular flexibility index (Phi) is 3.51. The van der Waals surface area contributed by atoms with Crippen LogP contribution >= 0.6 is 0 Å². The van der Waals surface area contributed by atoms with Crippen LogP contribution in [0.5, 0.6) is 0 Å². The van der Waals surface area contributed by atoms with E-state index in [1.165, 1.54) is 0 Å². The van der Waals surface area contributed by atoms with Gasteiger partial charge < -0.3 is 0 Å². The van der Waals surface area contributed by atoms with E-state index >= 15 is 0 Å². The molecule has 0 saturated heterocycles. The molecule has 0 aliphatic heterocycles. The summed E-state index contributed by atoms with van der Waals surface area (Å²) in [6.07, 6.45) is 0. The van der Waals surface area contributed by atoms with Gasteiger partial charge in [0.2, 0.25) is 0 Å². The van der Waals surface area contributed by atoms with Gasteiger partial charge in [0, 0.05) is 0 Å². The zero-order valence-corrected chi connectivity index (χ0v) is 7.21. The number of hydrogen-bond acceptors (Lipinski definition) is 0. The molecule has 4 heteroatoms.